The molecule has 0 spiro atoms. The van der Waals surface area contributed by atoms with Gasteiger partial charge in [0.2, 0.25) is 10.0 Å². The summed E-state index contributed by atoms with van der Waals surface area (Å²) in [7, 11) is -3.44. The first-order valence-electron chi connectivity index (χ1n) is 7.08. The molecule has 5 nitrogen and oxygen atoms in total. The van der Waals surface area contributed by atoms with Gasteiger partial charge in [0.15, 0.2) is 0 Å². The summed E-state index contributed by atoms with van der Waals surface area (Å²) in [5.74, 6) is 0.699. The second kappa shape index (κ2) is 7.06. The highest BCUT2D eigenvalue weighted by Crippen LogP contribution is 2.17. The summed E-state index contributed by atoms with van der Waals surface area (Å²) in [5, 5.41) is 3.19. The Morgan fingerprint density at radius 2 is 2.10 bits per heavy atom. The van der Waals surface area contributed by atoms with E-state index < -0.39 is 10.0 Å². The van der Waals surface area contributed by atoms with Crippen LogP contribution in [0.15, 0.2) is 29.2 Å². The van der Waals surface area contributed by atoms with Gasteiger partial charge in [-0.05, 0) is 50.1 Å². The van der Waals surface area contributed by atoms with Crippen LogP contribution >= 0.6 is 0 Å². The zero-order chi connectivity index (χ0) is 14.4. The molecule has 0 unspecified atom stereocenters. The van der Waals surface area contributed by atoms with E-state index in [1.165, 1.54) is 0 Å². The van der Waals surface area contributed by atoms with Crippen LogP contribution in [0.25, 0.3) is 0 Å². The lowest BCUT2D eigenvalue weighted by atomic mass is 10.1. The fraction of sp³-hybridized carbons (Fsp3) is 0.571. The minimum absolute atomic E-state index is 0.0234. The third-order valence-electron chi connectivity index (χ3n) is 3.23. The molecule has 0 aliphatic carbocycles. The molecule has 1 fully saturated rings. The molecule has 0 radical (unpaired) electrons. The van der Waals surface area contributed by atoms with Gasteiger partial charge < -0.3 is 10.1 Å². The molecule has 1 aliphatic rings. The minimum Gasteiger partial charge on any atom is -0.494 e. The second-order valence-corrected chi connectivity index (χ2v) is 6.70. The Hall–Kier alpha value is -1.11. The molecular formula is C14H22N2O3S. The molecule has 6 heteroatoms. The van der Waals surface area contributed by atoms with E-state index in [1.807, 2.05) is 6.92 Å². The summed E-state index contributed by atoms with van der Waals surface area (Å²) in [5.41, 5.74) is 0. The fourth-order valence-corrected chi connectivity index (χ4v) is 3.45. The molecule has 1 atom stereocenters. The quantitative estimate of drug-likeness (QED) is 0.835. The maximum absolute atomic E-state index is 12.2. The van der Waals surface area contributed by atoms with E-state index in [9.17, 15) is 8.42 Å². The molecule has 0 saturated carbocycles. The van der Waals surface area contributed by atoms with Gasteiger partial charge in [-0.1, -0.05) is 6.92 Å². The van der Waals surface area contributed by atoms with Crippen LogP contribution in [0.3, 0.4) is 0 Å². The van der Waals surface area contributed by atoms with E-state index in [2.05, 4.69) is 10.0 Å². The fourth-order valence-electron chi connectivity index (χ4n) is 2.17. The van der Waals surface area contributed by atoms with Crippen LogP contribution in [-0.4, -0.2) is 34.2 Å². The predicted molar refractivity (Wildman–Crippen MR) is 78.4 cm³/mol. The van der Waals surface area contributed by atoms with Gasteiger partial charge in [-0.15, -0.1) is 0 Å². The Labute approximate surface area is 120 Å². The standard InChI is InChI=1S/C14H22N2O3S/c1-2-10-19-13-5-7-14(8-6-13)20(17,18)16-12-4-3-9-15-11-12/h5-8,12,15-16H,2-4,9-11H2,1H3/t12-/m1/s1. The van der Waals surface area contributed by atoms with Crippen molar-refractivity contribution in [3.63, 3.8) is 0 Å². The van der Waals surface area contributed by atoms with Crippen LogP contribution in [0.2, 0.25) is 0 Å². The molecule has 0 aromatic heterocycles. The molecule has 1 aliphatic heterocycles. The number of nitrogens with one attached hydrogen (secondary N) is 2. The maximum Gasteiger partial charge on any atom is 0.240 e. The summed E-state index contributed by atoms with van der Waals surface area (Å²) >= 11 is 0. The molecule has 0 amide bonds. The van der Waals surface area contributed by atoms with Crippen molar-refractivity contribution in [2.75, 3.05) is 19.7 Å². The third kappa shape index (κ3) is 4.19. The average Bonchev–Trinajstić information content (AvgIpc) is 2.46. The lowest BCUT2D eigenvalue weighted by Gasteiger charge is -2.23. The Bertz CT molecular complexity index is 508. The van der Waals surface area contributed by atoms with Crippen molar-refractivity contribution in [3.05, 3.63) is 24.3 Å². The monoisotopic (exact) mass is 298 g/mol. The second-order valence-electron chi connectivity index (χ2n) is 4.98. The van der Waals surface area contributed by atoms with E-state index in [0.29, 0.717) is 18.9 Å². The number of ether oxygens (including phenoxy) is 1. The van der Waals surface area contributed by atoms with Crippen molar-refractivity contribution in [1.29, 1.82) is 0 Å². The van der Waals surface area contributed by atoms with Gasteiger partial charge in [0.25, 0.3) is 0 Å². The number of benzene rings is 1. The first kappa shape index (κ1) is 15.3. The summed E-state index contributed by atoms with van der Waals surface area (Å²) in [4.78, 5) is 0.284. The molecular weight excluding hydrogens is 276 g/mol. The van der Waals surface area contributed by atoms with Crippen molar-refractivity contribution in [2.24, 2.45) is 0 Å². The average molecular weight is 298 g/mol. The van der Waals surface area contributed by atoms with Gasteiger partial charge in [0.1, 0.15) is 5.75 Å². The zero-order valence-electron chi connectivity index (χ0n) is 11.8. The van der Waals surface area contributed by atoms with E-state index >= 15 is 0 Å². The van der Waals surface area contributed by atoms with Crippen molar-refractivity contribution in [2.45, 2.75) is 37.1 Å². The van der Waals surface area contributed by atoms with Gasteiger partial charge >= 0.3 is 0 Å². The maximum atomic E-state index is 12.2. The third-order valence-corrected chi connectivity index (χ3v) is 4.76. The molecule has 0 bridgehead atoms. The first-order valence-corrected chi connectivity index (χ1v) is 8.56. The highest BCUT2D eigenvalue weighted by molar-refractivity contribution is 7.89. The summed E-state index contributed by atoms with van der Waals surface area (Å²) in [6.45, 7) is 4.32. The van der Waals surface area contributed by atoms with Crippen LogP contribution < -0.4 is 14.8 Å². The summed E-state index contributed by atoms with van der Waals surface area (Å²) < 4.78 is 32.7. The van der Waals surface area contributed by atoms with E-state index in [-0.39, 0.29) is 10.9 Å². The number of sulfonamides is 1. The first-order chi connectivity index (χ1) is 9.62. The highest BCUT2D eigenvalue weighted by atomic mass is 32.2. The largest absolute Gasteiger partial charge is 0.494 e. The topological polar surface area (TPSA) is 67.4 Å². The molecule has 20 heavy (non-hydrogen) atoms. The lowest BCUT2D eigenvalue weighted by molar-refractivity contribution is 0.317. The van der Waals surface area contributed by atoms with Crippen molar-refractivity contribution in [3.8, 4) is 5.75 Å². The molecule has 1 aromatic carbocycles. The summed E-state index contributed by atoms with van der Waals surface area (Å²) in [6.07, 6.45) is 2.80. The molecule has 2 N–H and O–H groups in total. The van der Waals surface area contributed by atoms with Crippen molar-refractivity contribution < 1.29 is 13.2 Å². The smallest absolute Gasteiger partial charge is 0.240 e. The number of rotatable bonds is 6. The lowest BCUT2D eigenvalue weighted by Crippen LogP contribution is -2.45. The minimum atomic E-state index is -3.44. The predicted octanol–water partition coefficient (Wildman–Crippen LogP) is 1.51. The van der Waals surface area contributed by atoms with Crippen LogP contribution in [-0.2, 0) is 10.0 Å². The number of hydrogen-bond donors (Lipinski definition) is 2. The molecule has 1 heterocycles. The molecule has 1 saturated heterocycles. The Morgan fingerprint density at radius 3 is 2.70 bits per heavy atom. The van der Waals surface area contributed by atoms with E-state index in [4.69, 9.17) is 4.74 Å². The Kier molecular flexibility index (Phi) is 5.39. The SMILES string of the molecule is CCCOc1ccc(S(=O)(=O)N[C@@H]2CCCNC2)cc1. The highest BCUT2D eigenvalue weighted by Gasteiger charge is 2.21. The van der Waals surface area contributed by atoms with Crippen LogP contribution in [0.5, 0.6) is 5.75 Å². The molecule has 112 valence electrons. The Morgan fingerprint density at radius 1 is 1.35 bits per heavy atom. The van der Waals surface area contributed by atoms with Gasteiger partial charge in [-0.25, -0.2) is 13.1 Å². The van der Waals surface area contributed by atoms with E-state index in [0.717, 1.165) is 25.8 Å². The van der Waals surface area contributed by atoms with Gasteiger partial charge in [0.05, 0.1) is 11.5 Å². The van der Waals surface area contributed by atoms with Crippen LogP contribution in [0.4, 0.5) is 0 Å². The molecule has 1 aromatic rings. The van der Waals surface area contributed by atoms with Gasteiger partial charge in [-0.2, -0.15) is 0 Å². The van der Waals surface area contributed by atoms with Crippen LogP contribution in [0.1, 0.15) is 26.2 Å². The van der Waals surface area contributed by atoms with Gasteiger partial charge in [0, 0.05) is 12.6 Å². The van der Waals surface area contributed by atoms with Gasteiger partial charge in [-0.3, -0.25) is 0 Å². The normalized spacial score (nSPS) is 19.8. The zero-order valence-corrected chi connectivity index (χ0v) is 12.6. The summed E-state index contributed by atoms with van der Waals surface area (Å²) in [6, 6.07) is 6.55. The Balaban J connectivity index is 2.01. The van der Waals surface area contributed by atoms with Crippen LogP contribution in [0, 0.1) is 0 Å². The van der Waals surface area contributed by atoms with E-state index in [1.54, 1.807) is 24.3 Å². The number of hydrogen-bond acceptors (Lipinski definition) is 4. The number of piperidine rings is 1. The van der Waals surface area contributed by atoms with Crippen molar-refractivity contribution in [1.82, 2.24) is 10.0 Å². The van der Waals surface area contributed by atoms with Crippen molar-refractivity contribution >= 4 is 10.0 Å². The molecule has 2 rings (SSSR count).